The number of anilines is 1. The minimum absolute atomic E-state index is 0.0936. The summed E-state index contributed by atoms with van der Waals surface area (Å²) in [6, 6.07) is 0.0936. The minimum atomic E-state index is -0.270. The predicted octanol–water partition coefficient (Wildman–Crippen LogP) is 2.39. The molecule has 1 heterocycles. The Hall–Kier alpha value is -1.07. The van der Waals surface area contributed by atoms with Gasteiger partial charge < -0.3 is 10.1 Å². The van der Waals surface area contributed by atoms with Gasteiger partial charge in [-0.2, -0.15) is 5.10 Å². The van der Waals surface area contributed by atoms with Crippen LogP contribution in [0.2, 0.25) is 5.02 Å². The third kappa shape index (κ3) is 4.21. The molecule has 0 aliphatic heterocycles. The van der Waals surface area contributed by atoms with Crippen LogP contribution in [-0.2, 0) is 11.3 Å². The maximum Gasteiger partial charge on any atom is 0.287 e. The lowest BCUT2D eigenvalue weighted by Gasteiger charge is -2.23. The summed E-state index contributed by atoms with van der Waals surface area (Å²) in [5.74, 6) is 0.358. The molecule has 0 radical (unpaired) electrons. The highest BCUT2D eigenvalue weighted by atomic mass is 35.5. The summed E-state index contributed by atoms with van der Waals surface area (Å²) in [7, 11) is 0. The van der Waals surface area contributed by atoms with Gasteiger partial charge in [-0.1, -0.05) is 25.4 Å². The highest BCUT2D eigenvalue weighted by molar-refractivity contribution is 6.32. The molecule has 0 saturated carbocycles. The van der Waals surface area contributed by atoms with E-state index in [-0.39, 0.29) is 16.6 Å². The molecule has 0 bridgehead atoms. The van der Waals surface area contributed by atoms with Crippen molar-refractivity contribution < 1.29 is 4.74 Å². The van der Waals surface area contributed by atoms with Crippen molar-refractivity contribution >= 4 is 17.3 Å². The van der Waals surface area contributed by atoms with E-state index in [1.54, 1.807) is 6.20 Å². The first-order valence-corrected chi connectivity index (χ1v) is 6.98. The van der Waals surface area contributed by atoms with Crippen molar-refractivity contribution in [3.63, 3.8) is 0 Å². The third-order valence-electron chi connectivity index (χ3n) is 2.93. The average Bonchev–Trinajstić information content (AvgIpc) is 2.39. The summed E-state index contributed by atoms with van der Waals surface area (Å²) >= 11 is 6.08. The van der Waals surface area contributed by atoms with Crippen LogP contribution in [0.15, 0.2) is 11.0 Å². The molecular weight excluding hydrogens is 266 g/mol. The molecule has 5 nitrogen and oxygen atoms in total. The fourth-order valence-electron chi connectivity index (χ4n) is 1.64. The molecule has 0 aliphatic rings. The molecule has 0 amide bonds. The van der Waals surface area contributed by atoms with Gasteiger partial charge in [0.05, 0.1) is 24.5 Å². The quantitative estimate of drug-likeness (QED) is 0.837. The van der Waals surface area contributed by atoms with Crippen LogP contribution in [-0.4, -0.2) is 29.0 Å². The Bertz CT molecular complexity index is 460. The van der Waals surface area contributed by atoms with Crippen LogP contribution < -0.4 is 10.9 Å². The van der Waals surface area contributed by atoms with E-state index in [2.05, 4.69) is 24.3 Å². The van der Waals surface area contributed by atoms with Gasteiger partial charge in [-0.3, -0.25) is 4.79 Å². The van der Waals surface area contributed by atoms with Crippen LogP contribution in [0.25, 0.3) is 0 Å². The molecule has 6 heteroatoms. The Morgan fingerprint density at radius 1 is 1.47 bits per heavy atom. The number of ether oxygens (including phenoxy) is 1. The largest absolute Gasteiger partial charge is 0.380 e. The zero-order chi connectivity index (χ0) is 14.4. The van der Waals surface area contributed by atoms with Gasteiger partial charge in [0, 0.05) is 13.2 Å². The smallest absolute Gasteiger partial charge is 0.287 e. The zero-order valence-electron chi connectivity index (χ0n) is 11.9. The van der Waals surface area contributed by atoms with Crippen molar-refractivity contribution in [2.24, 2.45) is 5.92 Å². The van der Waals surface area contributed by atoms with E-state index >= 15 is 0 Å². The fourth-order valence-corrected chi connectivity index (χ4v) is 1.84. The number of hydrogen-bond donors (Lipinski definition) is 1. The number of aromatic nitrogens is 2. The van der Waals surface area contributed by atoms with Crippen molar-refractivity contribution in [1.82, 2.24) is 9.78 Å². The van der Waals surface area contributed by atoms with Gasteiger partial charge >= 0.3 is 0 Å². The molecule has 1 atom stereocenters. The third-order valence-corrected chi connectivity index (χ3v) is 3.30. The van der Waals surface area contributed by atoms with E-state index in [0.29, 0.717) is 31.4 Å². The summed E-state index contributed by atoms with van der Waals surface area (Å²) in [6.45, 7) is 9.72. The standard InChI is InChI=1S/C13H22ClN3O2/c1-5-17-13(18)12(14)10(7-15-17)16-11(9(3)4)8-19-6-2/h7,9,11,16H,5-6,8H2,1-4H3. The first-order valence-electron chi connectivity index (χ1n) is 6.61. The maximum absolute atomic E-state index is 11.9. The Kier molecular flexibility index (Phi) is 6.31. The summed E-state index contributed by atoms with van der Waals surface area (Å²) in [4.78, 5) is 11.9. The Balaban J connectivity index is 2.91. The molecule has 0 aromatic carbocycles. The second kappa shape index (κ2) is 7.50. The fraction of sp³-hybridized carbons (Fsp3) is 0.692. The Morgan fingerprint density at radius 3 is 2.68 bits per heavy atom. The number of rotatable bonds is 7. The van der Waals surface area contributed by atoms with E-state index < -0.39 is 0 Å². The molecule has 108 valence electrons. The Morgan fingerprint density at radius 2 is 2.16 bits per heavy atom. The van der Waals surface area contributed by atoms with Crippen LogP contribution in [0.1, 0.15) is 27.7 Å². The second-order valence-electron chi connectivity index (χ2n) is 4.65. The van der Waals surface area contributed by atoms with E-state index in [0.717, 1.165) is 0 Å². The van der Waals surface area contributed by atoms with E-state index in [4.69, 9.17) is 16.3 Å². The summed E-state index contributed by atoms with van der Waals surface area (Å²) in [5.41, 5.74) is 0.294. The van der Waals surface area contributed by atoms with Crippen molar-refractivity contribution in [2.75, 3.05) is 18.5 Å². The summed E-state index contributed by atoms with van der Waals surface area (Å²) in [5, 5.41) is 7.49. The highest BCUT2D eigenvalue weighted by Gasteiger charge is 2.16. The van der Waals surface area contributed by atoms with E-state index in [1.165, 1.54) is 4.68 Å². The van der Waals surface area contributed by atoms with Crippen LogP contribution >= 0.6 is 11.6 Å². The second-order valence-corrected chi connectivity index (χ2v) is 5.03. The SMILES string of the molecule is CCOCC(Nc1cnn(CC)c(=O)c1Cl)C(C)C. The van der Waals surface area contributed by atoms with Crippen LogP contribution in [0.4, 0.5) is 5.69 Å². The molecule has 0 saturated heterocycles. The first-order chi connectivity index (χ1) is 9.01. The van der Waals surface area contributed by atoms with Gasteiger partial charge in [0.1, 0.15) is 5.02 Å². The average molecular weight is 288 g/mol. The number of hydrogen-bond acceptors (Lipinski definition) is 4. The lowest BCUT2D eigenvalue weighted by atomic mass is 10.1. The molecule has 1 N–H and O–H groups in total. The molecule has 0 fully saturated rings. The molecule has 0 spiro atoms. The van der Waals surface area contributed by atoms with E-state index in [1.807, 2.05) is 13.8 Å². The van der Waals surface area contributed by atoms with Crippen molar-refractivity contribution in [2.45, 2.75) is 40.3 Å². The lowest BCUT2D eigenvalue weighted by Crippen LogP contribution is -2.32. The lowest BCUT2D eigenvalue weighted by molar-refractivity contribution is 0.127. The molecule has 19 heavy (non-hydrogen) atoms. The van der Waals surface area contributed by atoms with Gasteiger partial charge in [0.25, 0.3) is 5.56 Å². The monoisotopic (exact) mass is 287 g/mol. The van der Waals surface area contributed by atoms with Gasteiger partial charge in [-0.05, 0) is 19.8 Å². The van der Waals surface area contributed by atoms with Crippen LogP contribution in [0.5, 0.6) is 0 Å². The number of aryl methyl sites for hydroxylation is 1. The summed E-state index contributed by atoms with van der Waals surface area (Å²) in [6.07, 6.45) is 1.59. The molecule has 1 unspecified atom stereocenters. The minimum Gasteiger partial charge on any atom is -0.380 e. The van der Waals surface area contributed by atoms with Crippen molar-refractivity contribution in [3.05, 3.63) is 21.6 Å². The number of nitrogens with one attached hydrogen (secondary N) is 1. The predicted molar refractivity (Wildman–Crippen MR) is 77.9 cm³/mol. The molecule has 1 aromatic heterocycles. The van der Waals surface area contributed by atoms with Gasteiger partial charge in [0.2, 0.25) is 0 Å². The van der Waals surface area contributed by atoms with Crippen LogP contribution in [0, 0.1) is 5.92 Å². The number of nitrogens with zero attached hydrogens (tertiary/aromatic N) is 2. The van der Waals surface area contributed by atoms with Crippen molar-refractivity contribution in [1.29, 1.82) is 0 Å². The normalized spacial score (nSPS) is 12.7. The molecule has 1 aromatic rings. The maximum atomic E-state index is 11.9. The Labute approximate surface area is 118 Å². The van der Waals surface area contributed by atoms with Gasteiger partial charge in [-0.25, -0.2) is 4.68 Å². The molecule has 0 aliphatic carbocycles. The first kappa shape index (κ1) is 16.0. The molecular formula is C13H22ClN3O2. The topological polar surface area (TPSA) is 56.1 Å². The zero-order valence-corrected chi connectivity index (χ0v) is 12.7. The van der Waals surface area contributed by atoms with Crippen LogP contribution in [0.3, 0.4) is 0 Å². The highest BCUT2D eigenvalue weighted by Crippen LogP contribution is 2.18. The van der Waals surface area contributed by atoms with Gasteiger partial charge in [-0.15, -0.1) is 0 Å². The molecule has 1 rings (SSSR count). The van der Waals surface area contributed by atoms with E-state index in [9.17, 15) is 4.79 Å². The summed E-state index contributed by atoms with van der Waals surface area (Å²) < 4.78 is 6.77. The van der Waals surface area contributed by atoms with Crippen molar-refractivity contribution in [3.8, 4) is 0 Å². The number of halogens is 1. The van der Waals surface area contributed by atoms with Gasteiger partial charge in [0.15, 0.2) is 0 Å².